The van der Waals surface area contributed by atoms with Crippen LogP contribution in [0.1, 0.15) is 17.3 Å². The van der Waals surface area contributed by atoms with E-state index >= 15 is 0 Å². The lowest BCUT2D eigenvalue weighted by molar-refractivity contribution is 0.414. The van der Waals surface area contributed by atoms with Gasteiger partial charge in [-0.1, -0.05) is 12.1 Å². The molecular weight excluding hydrogens is 306 g/mol. The van der Waals surface area contributed by atoms with Crippen LogP contribution in [0.15, 0.2) is 47.1 Å². The Morgan fingerprint density at radius 3 is 2.53 bits per heavy atom. The van der Waals surface area contributed by atoms with Gasteiger partial charge in [-0.3, -0.25) is 16.3 Å². The fraction of sp³-hybridized carbons (Fsp3) is 0.214. The highest BCUT2D eigenvalue weighted by Gasteiger charge is 2.11. The highest BCUT2D eigenvalue weighted by molar-refractivity contribution is 9.10. The van der Waals surface area contributed by atoms with Crippen molar-refractivity contribution >= 4 is 15.9 Å². The molecule has 0 saturated carbocycles. The molecule has 1 atom stereocenters. The molecule has 0 aliphatic heterocycles. The van der Waals surface area contributed by atoms with Crippen LogP contribution in [-0.2, 0) is 6.42 Å². The number of methoxy groups -OCH3 is 1. The van der Waals surface area contributed by atoms with E-state index in [1.54, 1.807) is 13.3 Å². The van der Waals surface area contributed by atoms with Gasteiger partial charge in [0.05, 0.1) is 13.2 Å². The lowest BCUT2D eigenvalue weighted by atomic mass is 10.0. The standard InChI is InChI=1S/C14H16BrN3O/c1-19-13-6-2-10(3-7-13)14(18-16)8-12-5-4-11(15)9-17-12/h2-7,9,14,18H,8,16H2,1H3. The number of hydrazine groups is 1. The summed E-state index contributed by atoms with van der Waals surface area (Å²) in [7, 11) is 1.65. The van der Waals surface area contributed by atoms with Crippen molar-refractivity contribution < 1.29 is 4.74 Å². The highest BCUT2D eigenvalue weighted by Crippen LogP contribution is 2.20. The third kappa shape index (κ3) is 3.76. The van der Waals surface area contributed by atoms with E-state index in [1.165, 1.54) is 0 Å². The zero-order valence-electron chi connectivity index (χ0n) is 10.6. The zero-order chi connectivity index (χ0) is 13.7. The Labute approximate surface area is 121 Å². The van der Waals surface area contributed by atoms with Crippen LogP contribution in [0.5, 0.6) is 5.75 Å². The Morgan fingerprint density at radius 2 is 2.00 bits per heavy atom. The van der Waals surface area contributed by atoms with Crippen molar-refractivity contribution in [3.63, 3.8) is 0 Å². The number of nitrogens with zero attached hydrogens (tertiary/aromatic N) is 1. The number of hydrogen-bond acceptors (Lipinski definition) is 4. The SMILES string of the molecule is COc1ccc(C(Cc2ccc(Br)cn2)NN)cc1. The van der Waals surface area contributed by atoms with Gasteiger partial charge >= 0.3 is 0 Å². The maximum Gasteiger partial charge on any atom is 0.118 e. The number of aromatic nitrogens is 1. The third-order valence-electron chi connectivity index (χ3n) is 2.92. The number of rotatable bonds is 5. The van der Waals surface area contributed by atoms with E-state index in [1.807, 2.05) is 36.4 Å². The van der Waals surface area contributed by atoms with Gasteiger partial charge in [-0.15, -0.1) is 0 Å². The summed E-state index contributed by atoms with van der Waals surface area (Å²) in [6.07, 6.45) is 2.52. The zero-order valence-corrected chi connectivity index (χ0v) is 12.2. The smallest absolute Gasteiger partial charge is 0.118 e. The summed E-state index contributed by atoms with van der Waals surface area (Å²) in [5.74, 6) is 6.47. The Hall–Kier alpha value is -1.43. The Bertz CT molecular complexity index is 513. The normalized spacial score (nSPS) is 12.2. The van der Waals surface area contributed by atoms with E-state index in [9.17, 15) is 0 Å². The summed E-state index contributed by atoms with van der Waals surface area (Å²) in [5, 5.41) is 0. The predicted molar refractivity (Wildman–Crippen MR) is 78.7 cm³/mol. The van der Waals surface area contributed by atoms with Gasteiger partial charge in [0.15, 0.2) is 0 Å². The molecule has 19 heavy (non-hydrogen) atoms. The number of benzene rings is 1. The van der Waals surface area contributed by atoms with Crippen LogP contribution in [0, 0.1) is 0 Å². The fourth-order valence-corrected chi connectivity index (χ4v) is 2.08. The summed E-state index contributed by atoms with van der Waals surface area (Å²) >= 11 is 3.37. The first kappa shape index (κ1) is 14.0. The van der Waals surface area contributed by atoms with Gasteiger partial charge in [0, 0.05) is 22.8 Å². The van der Waals surface area contributed by atoms with E-state index in [0.29, 0.717) is 0 Å². The largest absolute Gasteiger partial charge is 0.497 e. The first-order chi connectivity index (χ1) is 9.22. The van der Waals surface area contributed by atoms with Gasteiger partial charge in [0.25, 0.3) is 0 Å². The molecule has 1 heterocycles. The number of nitrogens with one attached hydrogen (secondary N) is 1. The molecule has 100 valence electrons. The van der Waals surface area contributed by atoms with Crippen LogP contribution >= 0.6 is 15.9 Å². The van der Waals surface area contributed by atoms with Crippen molar-refractivity contribution in [3.8, 4) is 5.75 Å². The molecule has 4 nitrogen and oxygen atoms in total. The number of ether oxygens (including phenoxy) is 1. The second-order valence-corrected chi connectivity index (χ2v) is 5.08. The average Bonchev–Trinajstić information content (AvgIpc) is 2.47. The van der Waals surface area contributed by atoms with Crippen LogP contribution in [0.4, 0.5) is 0 Å². The summed E-state index contributed by atoms with van der Waals surface area (Å²) in [6.45, 7) is 0. The Balaban J connectivity index is 2.12. The molecule has 0 saturated heterocycles. The molecule has 2 rings (SSSR count). The summed E-state index contributed by atoms with van der Waals surface area (Å²) in [6, 6.07) is 11.8. The Kier molecular flexibility index (Phi) is 4.90. The molecule has 0 aliphatic rings. The molecule has 1 unspecified atom stereocenters. The third-order valence-corrected chi connectivity index (χ3v) is 3.39. The van der Waals surface area contributed by atoms with Gasteiger partial charge in [-0.25, -0.2) is 0 Å². The molecule has 0 spiro atoms. The van der Waals surface area contributed by atoms with Gasteiger partial charge < -0.3 is 4.74 Å². The van der Waals surface area contributed by atoms with E-state index in [2.05, 4.69) is 26.3 Å². The van der Waals surface area contributed by atoms with Crippen molar-refractivity contribution in [2.75, 3.05) is 7.11 Å². The molecule has 5 heteroatoms. The molecule has 0 aliphatic carbocycles. The van der Waals surface area contributed by atoms with Crippen LogP contribution in [0.25, 0.3) is 0 Å². The minimum Gasteiger partial charge on any atom is -0.497 e. The van der Waals surface area contributed by atoms with E-state index in [-0.39, 0.29) is 6.04 Å². The van der Waals surface area contributed by atoms with Crippen LogP contribution in [0.2, 0.25) is 0 Å². The average molecular weight is 322 g/mol. The van der Waals surface area contributed by atoms with E-state index in [4.69, 9.17) is 10.6 Å². The molecule has 1 aromatic carbocycles. The van der Waals surface area contributed by atoms with Crippen molar-refractivity contribution in [2.24, 2.45) is 5.84 Å². The monoisotopic (exact) mass is 321 g/mol. The van der Waals surface area contributed by atoms with Crippen LogP contribution < -0.4 is 16.0 Å². The molecule has 1 aromatic heterocycles. The molecule has 0 radical (unpaired) electrons. The summed E-state index contributed by atoms with van der Waals surface area (Å²) in [4.78, 5) is 4.36. The lowest BCUT2D eigenvalue weighted by Crippen LogP contribution is -2.29. The first-order valence-corrected chi connectivity index (χ1v) is 6.72. The maximum absolute atomic E-state index is 5.63. The van der Waals surface area contributed by atoms with Gasteiger partial charge in [0.2, 0.25) is 0 Å². The summed E-state index contributed by atoms with van der Waals surface area (Å²) in [5.41, 5.74) is 4.92. The molecule has 0 bridgehead atoms. The predicted octanol–water partition coefficient (Wildman–Crippen LogP) is 2.60. The molecule has 0 fully saturated rings. The highest BCUT2D eigenvalue weighted by atomic mass is 79.9. The van der Waals surface area contributed by atoms with E-state index < -0.39 is 0 Å². The lowest BCUT2D eigenvalue weighted by Gasteiger charge is -2.16. The topological polar surface area (TPSA) is 60.2 Å². The molecule has 2 aromatic rings. The van der Waals surface area contributed by atoms with Gasteiger partial charge in [-0.05, 0) is 45.8 Å². The second-order valence-electron chi connectivity index (χ2n) is 4.16. The first-order valence-electron chi connectivity index (χ1n) is 5.93. The molecular formula is C14H16BrN3O. The number of pyridine rings is 1. The van der Waals surface area contributed by atoms with Gasteiger partial charge in [0.1, 0.15) is 5.75 Å². The van der Waals surface area contributed by atoms with Crippen LogP contribution in [-0.4, -0.2) is 12.1 Å². The molecule has 3 N–H and O–H groups in total. The van der Waals surface area contributed by atoms with Crippen molar-refractivity contribution in [2.45, 2.75) is 12.5 Å². The summed E-state index contributed by atoms with van der Waals surface area (Å²) < 4.78 is 6.12. The number of halogens is 1. The van der Waals surface area contributed by atoms with Crippen molar-refractivity contribution in [1.29, 1.82) is 0 Å². The Morgan fingerprint density at radius 1 is 1.26 bits per heavy atom. The van der Waals surface area contributed by atoms with E-state index in [0.717, 1.165) is 27.9 Å². The van der Waals surface area contributed by atoms with Crippen molar-refractivity contribution in [3.05, 3.63) is 58.3 Å². The molecule has 0 amide bonds. The minimum atomic E-state index is 0.0274. The quantitative estimate of drug-likeness (QED) is 0.656. The minimum absolute atomic E-state index is 0.0274. The van der Waals surface area contributed by atoms with Crippen molar-refractivity contribution in [1.82, 2.24) is 10.4 Å². The van der Waals surface area contributed by atoms with Crippen LogP contribution in [0.3, 0.4) is 0 Å². The number of hydrogen-bond donors (Lipinski definition) is 2. The fourth-order valence-electron chi connectivity index (χ4n) is 1.85. The number of nitrogens with two attached hydrogens (primary N) is 1. The second kappa shape index (κ2) is 6.65. The van der Waals surface area contributed by atoms with Gasteiger partial charge in [-0.2, -0.15) is 0 Å². The maximum atomic E-state index is 5.63.